The second kappa shape index (κ2) is 6.79. The van der Waals surface area contributed by atoms with E-state index in [0.29, 0.717) is 6.42 Å². The summed E-state index contributed by atoms with van der Waals surface area (Å²) in [5, 5.41) is 9.89. The average molecular weight is 307 g/mol. The standard InChI is InChI=1S/C16H21NO5/c1-3-16(14(19)21-2)9-13(18)10-17(16)15(20)22-11-12-7-5-4-6-8-12/h4-8,13,18H,3,9-11H2,1-2H3/t13-,16?/m1/s1. The fourth-order valence-electron chi connectivity index (χ4n) is 2.86. The van der Waals surface area contributed by atoms with Gasteiger partial charge in [-0.2, -0.15) is 0 Å². The lowest BCUT2D eigenvalue weighted by Crippen LogP contribution is -2.53. The van der Waals surface area contributed by atoms with Crippen molar-refractivity contribution in [3.05, 3.63) is 35.9 Å². The van der Waals surface area contributed by atoms with Gasteiger partial charge in [0, 0.05) is 6.42 Å². The number of ether oxygens (including phenoxy) is 2. The van der Waals surface area contributed by atoms with Crippen molar-refractivity contribution in [3.8, 4) is 0 Å². The molecule has 0 saturated carbocycles. The highest BCUT2D eigenvalue weighted by Gasteiger charge is 2.53. The number of carbonyl (C=O) groups excluding carboxylic acids is 2. The largest absolute Gasteiger partial charge is 0.467 e. The van der Waals surface area contributed by atoms with Crippen molar-refractivity contribution in [2.24, 2.45) is 0 Å². The van der Waals surface area contributed by atoms with E-state index in [2.05, 4.69) is 0 Å². The molecule has 1 amide bonds. The van der Waals surface area contributed by atoms with Gasteiger partial charge in [0.05, 0.1) is 19.8 Å². The van der Waals surface area contributed by atoms with E-state index in [-0.39, 0.29) is 19.6 Å². The van der Waals surface area contributed by atoms with Gasteiger partial charge in [0.15, 0.2) is 0 Å². The molecule has 1 aliphatic heterocycles. The van der Waals surface area contributed by atoms with Gasteiger partial charge in [-0.25, -0.2) is 9.59 Å². The topological polar surface area (TPSA) is 76.1 Å². The first-order valence-electron chi connectivity index (χ1n) is 7.28. The number of hydrogen-bond acceptors (Lipinski definition) is 5. The Kier molecular flexibility index (Phi) is 5.03. The van der Waals surface area contributed by atoms with Crippen molar-refractivity contribution in [3.63, 3.8) is 0 Å². The summed E-state index contributed by atoms with van der Waals surface area (Å²) in [5.41, 5.74) is -0.294. The van der Waals surface area contributed by atoms with E-state index in [0.717, 1.165) is 5.56 Å². The van der Waals surface area contributed by atoms with Crippen molar-refractivity contribution in [2.75, 3.05) is 13.7 Å². The fraction of sp³-hybridized carbons (Fsp3) is 0.500. The average Bonchev–Trinajstić information content (AvgIpc) is 2.90. The van der Waals surface area contributed by atoms with E-state index in [1.807, 2.05) is 30.3 Å². The van der Waals surface area contributed by atoms with Crippen LogP contribution in [0.1, 0.15) is 25.3 Å². The van der Waals surface area contributed by atoms with Crippen LogP contribution in [0.3, 0.4) is 0 Å². The van der Waals surface area contributed by atoms with Crippen LogP contribution < -0.4 is 0 Å². The number of carbonyl (C=O) groups is 2. The Morgan fingerprint density at radius 1 is 1.36 bits per heavy atom. The number of rotatable bonds is 4. The molecule has 6 nitrogen and oxygen atoms in total. The first-order chi connectivity index (χ1) is 10.5. The van der Waals surface area contributed by atoms with Crippen LogP contribution in [-0.2, 0) is 20.9 Å². The van der Waals surface area contributed by atoms with Crippen LogP contribution in [0.25, 0.3) is 0 Å². The van der Waals surface area contributed by atoms with E-state index < -0.39 is 23.7 Å². The lowest BCUT2D eigenvalue weighted by Gasteiger charge is -2.33. The number of aliphatic hydroxyl groups excluding tert-OH is 1. The minimum Gasteiger partial charge on any atom is -0.467 e. The van der Waals surface area contributed by atoms with Crippen LogP contribution in [0.4, 0.5) is 4.79 Å². The second-order valence-corrected chi connectivity index (χ2v) is 5.39. The van der Waals surface area contributed by atoms with Gasteiger partial charge in [0.2, 0.25) is 0 Å². The van der Waals surface area contributed by atoms with Crippen LogP contribution in [0.5, 0.6) is 0 Å². The summed E-state index contributed by atoms with van der Waals surface area (Å²) < 4.78 is 10.1. The van der Waals surface area contributed by atoms with Crippen LogP contribution in [0, 0.1) is 0 Å². The minimum atomic E-state index is -1.15. The molecule has 1 aromatic rings. The van der Waals surface area contributed by atoms with Gasteiger partial charge >= 0.3 is 12.1 Å². The van der Waals surface area contributed by atoms with E-state index in [1.165, 1.54) is 12.0 Å². The minimum absolute atomic E-state index is 0.0660. The molecule has 2 rings (SSSR count). The van der Waals surface area contributed by atoms with Crippen LogP contribution in [-0.4, -0.2) is 47.4 Å². The number of β-amino-alcohol motifs (C(OH)–C–C–N with tert-alkyl or cyclic N) is 1. The van der Waals surface area contributed by atoms with E-state index in [9.17, 15) is 14.7 Å². The molecule has 0 aliphatic carbocycles. The maximum Gasteiger partial charge on any atom is 0.411 e. The molecule has 1 heterocycles. The zero-order chi connectivity index (χ0) is 16.2. The zero-order valence-corrected chi connectivity index (χ0v) is 12.8. The molecule has 1 saturated heterocycles. The Morgan fingerprint density at radius 2 is 2.05 bits per heavy atom. The Labute approximate surface area is 129 Å². The molecule has 1 aromatic carbocycles. The molecule has 0 radical (unpaired) electrons. The van der Waals surface area contributed by atoms with Crippen LogP contribution in [0.2, 0.25) is 0 Å². The van der Waals surface area contributed by atoms with Gasteiger partial charge < -0.3 is 14.6 Å². The van der Waals surface area contributed by atoms with Gasteiger partial charge in [-0.05, 0) is 12.0 Å². The summed E-state index contributed by atoms with van der Waals surface area (Å²) in [6.07, 6.45) is -0.857. The predicted molar refractivity (Wildman–Crippen MR) is 79.0 cm³/mol. The number of methoxy groups -OCH3 is 1. The fourth-order valence-corrected chi connectivity index (χ4v) is 2.86. The molecule has 2 atom stereocenters. The molecule has 1 N–H and O–H groups in total. The van der Waals surface area contributed by atoms with Gasteiger partial charge in [-0.1, -0.05) is 37.3 Å². The van der Waals surface area contributed by atoms with Crippen LogP contribution in [0.15, 0.2) is 30.3 Å². The molecule has 1 fully saturated rings. The molecule has 0 bridgehead atoms. The molecular weight excluding hydrogens is 286 g/mol. The normalized spacial score (nSPS) is 24.1. The molecule has 22 heavy (non-hydrogen) atoms. The Bertz CT molecular complexity index is 533. The number of amides is 1. The maximum absolute atomic E-state index is 12.3. The Hall–Kier alpha value is -2.08. The third kappa shape index (κ3) is 3.06. The monoisotopic (exact) mass is 307 g/mol. The first kappa shape index (κ1) is 16.3. The number of esters is 1. The highest BCUT2D eigenvalue weighted by molar-refractivity contribution is 5.86. The number of likely N-dealkylation sites (tertiary alicyclic amines) is 1. The molecule has 0 aromatic heterocycles. The SMILES string of the molecule is CCC1(C(=O)OC)C[C@@H](O)CN1C(=O)OCc1ccccc1. The van der Waals surface area contributed by atoms with Crippen molar-refractivity contribution in [1.82, 2.24) is 4.90 Å². The summed E-state index contributed by atoms with van der Waals surface area (Å²) >= 11 is 0. The summed E-state index contributed by atoms with van der Waals surface area (Å²) in [7, 11) is 1.28. The highest BCUT2D eigenvalue weighted by atomic mass is 16.6. The third-order valence-electron chi connectivity index (χ3n) is 4.06. The molecular formula is C16H21NO5. The van der Waals surface area contributed by atoms with Gasteiger partial charge in [-0.15, -0.1) is 0 Å². The smallest absolute Gasteiger partial charge is 0.411 e. The second-order valence-electron chi connectivity index (χ2n) is 5.39. The quantitative estimate of drug-likeness (QED) is 0.857. The molecule has 120 valence electrons. The first-order valence-corrected chi connectivity index (χ1v) is 7.28. The highest BCUT2D eigenvalue weighted by Crippen LogP contribution is 2.34. The van der Waals surface area contributed by atoms with Gasteiger partial charge in [0.25, 0.3) is 0 Å². The van der Waals surface area contributed by atoms with Crippen LogP contribution >= 0.6 is 0 Å². The van der Waals surface area contributed by atoms with E-state index >= 15 is 0 Å². The van der Waals surface area contributed by atoms with E-state index in [1.54, 1.807) is 6.92 Å². The summed E-state index contributed by atoms with van der Waals surface area (Å²) in [4.78, 5) is 25.7. The third-order valence-corrected chi connectivity index (χ3v) is 4.06. The Balaban J connectivity index is 2.10. The van der Waals surface area contributed by atoms with Crippen molar-refractivity contribution < 1.29 is 24.2 Å². The van der Waals surface area contributed by atoms with E-state index in [4.69, 9.17) is 9.47 Å². The lowest BCUT2D eigenvalue weighted by molar-refractivity contribution is -0.153. The number of benzene rings is 1. The number of aliphatic hydroxyl groups is 1. The molecule has 0 spiro atoms. The number of nitrogens with zero attached hydrogens (tertiary/aromatic N) is 1. The predicted octanol–water partition coefficient (Wildman–Crippen LogP) is 1.71. The van der Waals surface area contributed by atoms with Gasteiger partial charge in [0.1, 0.15) is 12.1 Å². The van der Waals surface area contributed by atoms with Crippen molar-refractivity contribution in [2.45, 2.75) is 38.0 Å². The summed E-state index contributed by atoms with van der Waals surface area (Å²) in [6.45, 7) is 1.97. The molecule has 6 heteroatoms. The van der Waals surface area contributed by atoms with Crippen molar-refractivity contribution >= 4 is 12.1 Å². The maximum atomic E-state index is 12.3. The molecule has 1 unspecified atom stereocenters. The lowest BCUT2D eigenvalue weighted by atomic mass is 9.92. The summed E-state index contributed by atoms with van der Waals surface area (Å²) in [5.74, 6) is -0.525. The van der Waals surface area contributed by atoms with Gasteiger partial charge in [-0.3, -0.25) is 4.90 Å². The Morgan fingerprint density at radius 3 is 2.64 bits per heavy atom. The molecule has 1 aliphatic rings. The zero-order valence-electron chi connectivity index (χ0n) is 12.8. The number of hydrogen-bond donors (Lipinski definition) is 1. The van der Waals surface area contributed by atoms with Crippen molar-refractivity contribution in [1.29, 1.82) is 0 Å². The summed E-state index contributed by atoms with van der Waals surface area (Å²) in [6, 6.07) is 9.28.